The normalized spacial score (nSPS) is 15.8. The average Bonchev–Trinajstić information content (AvgIpc) is 3.10. The largest absolute Gasteiger partial charge is 0.503 e. The Balaban J connectivity index is 1.73. The van der Waals surface area contributed by atoms with Gasteiger partial charge >= 0.3 is 0 Å². The van der Waals surface area contributed by atoms with Crippen molar-refractivity contribution in [1.82, 2.24) is 0 Å². The summed E-state index contributed by atoms with van der Waals surface area (Å²) in [6, 6.07) is 23.8. The maximum absolute atomic E-state index is 13.4. The van der Waals surface area contributed by atoms with Gasteiger partial charge in [-0.05, 0) is 55.2 Å². The second-order valence-electron chi connectivity index (χ2n) is 8.04. The van der Waals surface area contributed by atoms with Gasteiger partial charge in [0.05, 0.1) is 18.2 Å². The van der Waals surface area contributed by atoms with Crippen LogP contribution < -0.4 is 9.64 Å². The number of benzene rings is 3. The second kappa shape index (κ2) is 9.74. The monoisotopic (exact) mass is 441 g/mol. The number of hydrogen-bond donors (Lipinski definition) is 1. The summed E-state index contributed by atoms with van der Waals surface area (Å²) in [5, 5.41) is 10.9. The van der Waals surface area contributed by atoms with Crippen molar-refractivity contribution in [2.45, 2.75) is 32.7 Å². The molecule has 1 aliphatic heterocycles. The first-order chi connectivity index (χ1) is 16.0. The molecule has 1 amide bonds. The Labute approximate surface area is 193 Å². The highest BCUT2D eigenvalue weighted by Crippen LogP contribution is 2.42. The first kappa shape index (κ1) is 22.3. The number of nitrogens with zero attached hydrogens (tertiary/aromatic N) is 1. The van der Waals surface area contributed by atoms with Crippen LogP contribution >= 0.6 is 0 Å². The van der Waals surface area contributed by atoms with Crippen LogP contribution in [0.4, 0.5) is 5.69 Å². The molecule has 0 fully saturated rings. The van der Waals surface area contributed by atoms with Gasteiger partial charge in [0.15, 0.2) is 11.5 Å². The van der Waals surface area contributed by atoms with Gasteiger partial charge in [-0.3, -0.25) is 14.5 Å². The summed E-state index contributed by atoms with van der Waals surface area (Å²) in [5.74, 6) is -0.570. The number of carbonyl (C=O) groups excluding carboxylic acids is 2. The summed E-state index contributed by atoms with van der Waals surface area (Å²) >= 11 is 0. The molecule has 1 unspecified atom stereocenters. The second-order valence-corrected chi connectivity index (χ2v) is 8.04. The van der Waals surface area contributed by atoms with Crippen molar-refractivity contribution in [2.24, 2.45) is 0 Å². The fourth-order valence-electron chi connectivity index (χ4n) is 4.24. The third kappa shape index (κ3) is 4.53. The Morgan fingerprint density at radius 1 is 0.970 bits per heavy atom. The molecule has 5 heteroatoms. The molecule has 0 saturated carbocycles. The fourth-order valence-corrected chi connectivity index (χ4v) is 4.24. The summed E-state index contributed by atoms with van der Waals surface area (Å²) in [6.07, 6.45) is 0.733. The molecule has 1 aliphatic rings. The van der Waals surface area contributed by atoms with Gasteiger partial charge in [-0.2, -0.15) is 0 Å². The van der Waals surface area contributed by atoms with Crippen molar-refractivity contribution < 1.29 is 19.4 Å². The molecular weight excluding hydrogens is 414 g/mol. The molecule has 4 rings (SSSR count). The van der Waals surface area contributed by atoms with E-state index in [0.717, 1.165) is 16.7 Å². The topological polar surface area (TPSA) is 66.8 Å². The molecule has 1 heterocycles. The van der Waals surface area contributed by atoms with E-state index in [9.17, 15) is 14.7 Å². The molecule has 3 aromatic carbocycles. The van der Waals surface area contributed by atoms with Crippen molar-refractivity contribution in [3.8, 4) is 5.75 Å². The van der Waals surface area contributed by atoms with Crippen LogP contribution in [-0.2, 0) is 16.0 Å². The number of aliphatic hydroxyl groups excluding tert-OH is 1. The lowest BCUT2D eigenvalue weighted by Gasteiger charge is -2.28. The predicted octanol–water partition coefficient (Wildman–Crippen LogP) is 5.50. The lowest BCUT2D eigenvalue weighted by atomic mass is 9.92. The first-order valence-corrected chi connectivity index (χ1v) is 11.1. The number of amides is 1. The van der Waals surface area contributed by atoms with Crippen molar-refractivity contribution in [3.63, 3.8) is 0 Å². The molecule has 1 atom stereocenters. The fraction of sp³-hybridized carbons (Fsp3) is 0.214. The van der Waals surface area contributed by atoms with Gasteiger partial charge in [-0.25, -0.2) is 0 Å². The van der Waals surface area contributed by atoms with Gasteiger partial charge in [0.2, 0.25) is 0 Å². The molecular formula is C28H27NO4. The molecule has 5 nitrogen and oxygen atoms in total. The summed E-state index contributed by atoms with van der Waals surface area (Å²) in [6.45, 7) is 4.36. The van der Waals surface area contributed by atoms with E-state index in [1.807, 2.05) is 92.7 Å². The molecule has 168 valence electrons. The molecule has 0 spiro atoms. The highest BCUT2D eigenvalue weighted by molar-refractivity contribution is 6.16. The quantitative estimate of drug-likeness (QED) is 0.502. The SMILES string of the molecule is CCOc1ccc(C2C(C(=O)CCc3ccccc3)=C(O)C(=O)N2c2ccccc2C)cc1. The van der Waals surface area contributed by atoms with E-state index in [-0.39, 0.29) is 17.8 Å². The van der Waals surface area contributed by atoms with Crippen LogP contribution in [0.15, 0.2) is 90.2 Å². The minimum atomic E-state index is -0.711. The molecule has 0 bridgehead atoms. The van der Waals surface area contributed by atoms with Gasteiger partial charge in [0.1, 0.15) is 5.75 Å². The number of anilines is 1. The molecule has 33 heavy (non-hydrogen) atoms. The van der Waals surface area contributed by atoms with E-state index < -0.39 is 17.7 Å². The average molecular weight is 442 g/mol. The number of aryl methyl sites for hydroxylation is 2. The van der Waals surface area contributed by atoms with E-state index in [2.05, 4.69) is 0 Å². The van der Waals surface area contributed by atoms with Crippen LogP contribution in [0.2, 0.25) is 0 Å². The molecule has 0 aliphatic carbocycles. The van der Waals surface area contributed by atoms with Crippen molar-refractivity contribution >= 4 is 17.4 Å². The number of Topliss-reactive ketones (excluding diaryl/α,β-unsaturated/α-hetero) is 1. The molecule has 3 aromatic rings. The van der Waals surface area contributed by atoms with Crippen LogP contribution in [0.5, 0.6) is 5.75 Å². The third-order valence-electron chi connectivity index (χ3n) is 5.87. The summed E-state index contributed by atoms with van der Waals surface area (Å²) in [4.78, 5) is 28.1. The Bertz CT molecular complexity index is 1180. The van der Waals surface area contributed by atoms with Crippen LogP contribution in [0.3, 0.4) is 0 Å². The summed E-state index contributed by atoms with van der Waals surface area (Å²) < 4.78 is 5.55. The van der Waals surface area contributed by atoms with Crippen LogP contribution in [0, 0.1) is 6.92 Å². The van der Waals surface area contributed by atoms with Crippen LogP contribution in [-0.4, -0.2) is 23.4 Å². The number of para-hydroxylation sites is 1. The Kier molecular flexibility index (Phi) is 6.59. The summed E-state index contributed by atoms with van der Waals surface area (Å²) in [5.41, 5.74) is 3.46. The smallest absolute Gasteiger partial charge is 0.294 e. The molecule has 0 saturated heterocycles. The van der Waals surface area contributed by atoms with E-state index in [4.69, 9.17) is 4.74 Å². The number of aliphatic hydroxyl groups is 1. The minimum absolute atomic E-state index is 0.142. The van der Waals surface area contributed by atoms with Gasteiger partial charge in [-0.15, -0.1) is 0 Å². The number of hydrogen-bond acceptors (Lipinski definition) is 4. The highest BCUT2D eigenvalue weighted by Gasteiger charge is 2.44. The van der Waals surface area contributed by atoms with Crippen LogP contribution in [0.1, 0.15) is 36.1 Å². The number of carbonyl (C=O) groups is 2. The maximum atomic E-state index is 13.4. The minimum Gasteiger partial charge on any atom is -0.503 e. The Morgan fingerprint density at radius 2 is 1.64 bits per heavy atom. The van der Waals surface area contributed by atoms with Crippen molar-refractivity contribution in [2.75, 3.05) is 11.5 Å². The van der Waals surface area contributed by atoms with Crippen LogP contribution in [0.25, 0.3) is 0 Å². The molecule has 0 radical (unpaired) electrons. The lowest BCUT2D eigenvalue weighted by molar-refractivity contribution is -0.118. The standard InChI is InChI=1S/C28H27NO4/c1-3-33-22-16-14-21(15-17-22)26-25(24(30)18-13-20-10-5-4-6-11-20)27(31)28(32)29(26)23-12-8-7-9-19(23)2/h4-12,14-17,26,31H,3,13,18H2,1-2H3. The van der Waals surface area contributed by atoms with E-state index >= 15 is 0 Å². The maximum Gasteiger partial charge on any atom is 0.294 e. The van der Waals surface area contributed by atoms with Crippen molar-refractivity contribution in [3.05, 3.63) is 107 Å². The first-order valence-electron chi connectivity index (χ1n) is 11.1. The van der Waals surface area contributed by atoms with Gasteiger partial charge in [0.25, 0.3) is 5.91 Å². The zero-order valence-electron chi connectivity index (χ0n) is 18.8. The number of ketones is 1. The van der Waals surface area contributed by atoms with Gasteiger partial charge < -0.3 is 9.84 Å². The lowest BCUT2D eigenvalue weighted by Crippen LogP contribution is -2.31. The number of ether oxygens (including phenoxy) is 1. The molecule has 0 aromatic heterocycles. The predicted molar refractivity (Wildman–Crippen MR) is 128 cm³/mol. The zero-order valence-corrected chi connectivity index (χ0v) is 18.8. The third-order valence-corrected chi connectivity index (χ3v) is 5.87. The molecule has 1 N–H and O–H groups in total. The number of rotatable bonds is 8. The van der Waals surface area contributed by atoms with Gasteiger partial charge in [-0.1, -0.05) is 60.7 Å². The van der Waals surface area contributed by atoms with E-state index in [0.29, 0.717) is 24.5 Å². The van der Waals surface area contributed by atoms with E-state index in [1.165, 1.54) is 4.90 Å². The summed E-state index contributed by atoms with van der Waals surface area (Å²) in [7, 11) is 0. The zero-order chi connectivity index (χ0) is 23.4. The van der Waals surface area contributed by atoms with Crippen molar-refractivity contribution in [1.29, 1.82) is 0 Å². The van der Waals surface area contributed by atoms with Gasteiger partial charge in [0, 0.05) is 12.1 Å². The Morgan fingerprint density at radius 3 is 2.30 bits per heavy atom. The van der Waals surface area contributed by atoms with E-state index in [1.54, 1.807) is 0 Å². The highest BCUT2D eigenvalue weighted by atomic mass is 16.5. The Hall–Kier alpha value is -3.86.